The van der Waals surface area contributed by atoms with Crippen molar-refractivity contribution in [2.75, 3.05) is 0 Å². The van der Waals surface area contributed by atoms with Crippen LogP contribution in [0, 0.1) is 5.82 Å². The molecular formula is C20H20FN3O2. The van der Waals surface area contributed by atoms with Gasteiger partial charge in [-0.1, -0.05) is 12.1 Å². The van der Waals surface area contributed by atoms with Crippen molar-refractivity contribution in [1.29, 1.82) is 0 Å². The van der Waals surface area contributed by atoms with E-state index < -0.39 is 0 Å². The molecule has 2 aromatic heterocycles. The van der Waals surface area contributed by atoms with E-state index in [-0.39, 0.29) is 17.8 Å². The van der Waals surface area contributed by atoms with Crippen LogP contribution in [0.25, 0.3) is 22.4 Å². The number of benzene rings is 1. The fourth-order valence-corrected chi connectivity index (χ4v) is 2.95. The average Bonchev–Trinajstić information content (AvgIpc) is 3.41. The van der Waals surface area contributed by atoms with Gasteiger partial charge in [-0.2, -0.15) is 0 Å². The van der Waals surface area contributed by atoms with Gasteiger partial charge in [0.05, 0.1) is 10.9 Å². The molecule has 1 atom stereocenters. The number of hydrogen-bond donors (Lipinski definition) is 1. The van der Waals surface area contributed by atoms with Crippen molar-refractivity contribution < 1.29 is 13.7 Å². The summed E-state index contributed by atoms with van der Waals surface area (Å²) >= 11 is 0. The number of amides is 1. The number of hydrogen-bond acceptors (Lipinski definition) is 4. The number of fused-ring (bicyclic) bond motifs is 1. The predicted molar refractivity (Wildman–Crippen MR) is 96.4 cm³/mol. The minimum absolute atomic E-state index is 0.0595. The highest BCUT2D eigenvalue weighted by Gasteiger charge is 2.29. The lowest BCUT2D eigenvalue weighted by atomic mass is 10.0. The Balaban J connectivity index is 1.86. The fourth-order valence-electron chi connectivity index (χ4n) is 2.95. The van der Waals surface area contributed by atoms with Crippen LogP contribution >= 0.6 is 0 Å². The molecule has 1 aromatic carbocycles. The van der Waals surface area contributed by atoms with Crippen LogP contribution in [0.5, 0.6) is 0 Å². The molecule has 134 valence electrons. The van der Waals surface area contributed by atoms with E-state index in [2.05, 4.69) is 15.5 Å². The normalized spacial score (nSPS) is 15.2. The van der Waals surface area contributed by atoms with Crippen molar-refractivity contribution in [1.82, 2.24) is 15.5 Å². The molecule has 1 N–H and O–H groups in total. The molecule has 0 saturated heterocycles. The summed E-state index contributed by atoms with van der Waals surface area (Å²) in [4.78, 5) is 17.5. The second-order valence-electron chi connectivity index (χ2n) is 6.87. The second kappa shape index (κ2) is 6.52. The van der Waals surface area contributed by atoms with E-state index in [9.17, 15) is 9.18 Å². The van der Waals surface area contributed by atoms with Gasteiger partial charge in [-0.3, -0.25) is 4.79 Å². The Morgan fingerprint density at radius 2 is 2.08 bits per heavy atom. The molecule has 1 amide bonds. The molecule has 1 aliphatic rings. The van der Waals surface area contributed by atoms with Crippen molar-refractivity contribution in [2.24, 2.45) is 0 Å². The maximum Gasteiger partial charge on any atom is 0.259 e. The first-order valence-corrected chi connectivity index (χ1v) is 8.94. The molecular weight excluding hydrogens is 333 g/mol. The van der Waals surface area contributed by atoms with Crippen molar-refractivity contribution in [3.05, 3.63) is 47.4 Å². The van der Waals surface area contributed by atoms with Crippen LogP contribution in [-0.2, 0) is 0 Å². The summed E-state index contributed by atoms with van der Waals surface area (Å²) in [7, 11) is 0. The Morgan fingerprint density at radius 3 is 2.73 bits per heavy atom. The lowest BCUT2D eigenvalue weighted by molar-refractivity contribution is 0.0940. The third-order valence-corrected chi connectivity index (χ3v) is 4.81. The van der Waals surface area contributed by atoms with Gasteiger partial charge in [0.25, 0.3) is 11.6 Å². The number of nitrogens with zero attached hydrogens (tertiary/aromatic N) is 2. The Labute approximate surface area is 150 Å². The number of carbonyl (C=O) groups is 1. The van der Waals surface area contributed by atoms with Crippen molar-refractivity contribution >= 4 is 17.0 Å². The molecule has 3 aromatic rings. The molecule has 1 saturated carbocycles. The summed E-state index contributed by atoms with van der Waals surface area (Å²) in [5.74, 6) is -0.112. The number of halogens is 1. The number of rotatable bonds is 5. The SMILES string of the molecule is CCC(C)NC(=O)c1cc(C2CC2)nc2onc(-c3ccc(F)cc3)c12. The van der Waals surface area contributed by atoms with E-state index in [1.807, 2.05) is 19.9 Å². The van der Waals surface area contributed by atoms with E-state index in [4.69, 9.17) is 4.52 Å². The molecule has 2 heterocycles. The van der Waals surface area contributed by atoms with Gasteiger partial charge in [-0.25, -0.2) is 9.37 Å². The first kappa shape index (κ1) is 16.7. The fraction of sp³-hybridized carbons (Fsp3) is 0.350. The minimum Gasteiger partial charge on any atom is -0.350 e. The van der Waals surface area contributed by atoms with E-state index in [1.54, 1.807) is 12.1 Å². The van der Waals surface area contributed by atoms with Gasteiger partial charge in [0.2, 0.25) is 0 Å². The monoisotopic (exact) mass is 353 g/mol. The van der Waals surface area contributed by atoms with E-state index >= 15 is 0 Å². The van der Waals surface area contributed by atoms with Crippen LogP contribution in [0.1, 0.15) is 55.1 Å². The smallest absolute Gasteiger partial charge is 0.259 e. The molecule has 1 aliphatic carbocycles. The highest BCUT2D eigenvalue weighted by atomic mass is 19.1. The highest BCUT2D eigenvalue weighted by molar-refractivity contribution is 6.09. The Kier molecular flexibility index (Phi) is 4.18. The zero-order valence-electron chi connectivity index (χ0n) is 14.8. The first-order chi connectivity index (χ1) is 12.6. The number of nitrogens with one attached hydrogen (secondary N) is 1. The van der Waals surface area contributed by atoms with E-state index in [1.165, 1.54) is 12.1 Å². The second-order valence-corrected chi connectivity index (χ2v) is 6.87. The molecule has 0 radical (unpaired) electrons. The third kappa shape index (κ3) is 3.07. The number of carbonyl (C=O) groups excluding carboxylic acids is 1. The van der Waals surface area contributed by atoms with Crippen molar-refractivity contribution in [3.8, 4) is 11.3 Å². The van der Waals surface area contributed by atoms with Crippen molar-refractivity contribution in [2.45, 2.75) is 45.1 Å². The Hall–Kier alpha value is -2.76. The van der Waals surface area contributed by atoms with Crippen LogP contribution in [0.15, 0.2) is 34.9 Å². The van der Waals surface area contributed by atoms with Crippen molar-refractivity contribution in [3.63, 3.8) is 0 Å². The topological polar surface area (TPSA) is 68.0 Å². The van der Waals surface area contributed by atoms with Crippen LogP contribution < -0.4 is 5.32 Å². The number of pyridine rings is 1. The van der Waals surface area contributed by atoms with Gasteiger partial charge in [0, 0.05) is 23.2 Å². The maximum absolute atomic E-state index is 13.3. The highest BCUT2D eigenvalue weighted by Crippen LogP contribution is 2.41. The van der Waals surface area contributed by atoms with Gasteiger partial charge in [-0.05, 0) is 56.5 Å². The predicted octanol–water partition coefficient (Wildman–Crippen LogP) is 4.43. The standard InChI is InChI=1S/C20H20FN3O2/c1-3-11(2)22-19(25)15-10-16(12-4-5-12)23-20-17(15)18(24-26-20)13-6-8-14(21)9-7-13/h6-12H,3-5H2,1-2H3,(H,22,25). The van der Waals surface area contributed by atoms with Gasteiger partial charge in [-0.15, -0.1) is 0 Å². The first-order valence-electron chi connectivity index (χ1n) is 8.94. The lowest BCUT2D eigenvalue weighted by Crippen LogP contribution is -2.32. The molecule has 5 nitrogen and oxygen atoms in total. The summed E-state index contributed by atoms with van der Waals surface area (Å²) in [5, 5.41) is 7.70. The van der Waals surface area contributed by atoms with Gasteiger partial charge < -0.3 is 9.84 Å². The zero-order chi connectivity index (χ0) is 18.3. The lowest BCUT2D eigenvalue weighted by Gasteiger charge is -2.13. The molecule has 26 heavy (non-hydrogen) atoms. The summed E-state index contributed by atoms with van der Waals surface area (Å²) in [5.41, 5.74) is 2.92. The summed E-state index contributed by atoms with van der Waals surface area (Å²) in [6.45, 7) is 3.98. The molecule has 1 unspecified atom stereocenters. The van der Waals surface area contributed by atoms with Crippen LogP contribution in [0.2, 0.25) is 0 Å². The molecule has 1 fully saturated rings. The summed E-state index contributed by atoms with van der Waals surface area (Å²) in [6, 6.07) is 7.88. The Bertz CT molecular complexity index is 961. The van der Waals surface area contributed by atoms with E-state index in [0.717, 1.165) is 25.0 Å². The minimum atomic E-state index is -0.328. The average molecular weight is 353 g/mol. The van der Waals surface area contributed by atoms with Crippen LogP contribution in [0.3, 0.4) is 0 Å². The summed E-state index contributed by atoms with van der Waals surface area (Å²) < 4.78 is 18.7. The number of aromatic nitrogens is 2. The quantitative estimate of drug-likeness (QED) is 0.736. The largest absolute Gasteiger partial charge is 0.350 e. The molecule has 4 rings (SSSR count). The third-order valence-electron chi connectivity index (χ3n) is 4.81. The maximum atomic E-state index is 13.3. The summed E-state index contributed by atoms with van der Waals surface area (Å²) in [6.07, 6.45) is 2.98. The van der Waals surface area contributed by atoms with Crippen LogP contribution in [0.4, 0.5) is 4.39 Å². The molecule has 0 bridgehead atoms. The van der Waals surface area contributed by atoms with Crippen LogP contribution in [-0.4, -0.2) is 22.1 Å². The molecule has 6 heteroatoms. The van der Waals surface area contributed by atoms with Gasteiger partial charge in [0.15, 0.2) is 0 Å². The van der Waals surface area contributed by atoms with Gasteiger partial charge in [0.1, 0.15) is 11.5 Å². The molecule has 0 aliphatic heterocycles. The van der Waals surface area contributed by atoms with Gasteiger partial charge >= 0.3 is 0 Å². The van der Waals surface area contributed by atoms with E-state index in [0.29, 0.717) is 33.8 Å². The zero-order valence-corrected chi connectivity index (χ0v) is 14.8. The Morgan fingerprint density at radius 1 is 1.35 bits per heavy atom. The molecule has 0 spiro atoms.